The van der Waals surface area contributed by atoms with Crippen molar-refractivity contribution in [2.24, 2.45) is 0 Å². The summed E-state index contributed by atoms with van der Waals surface area (Å²) in [6.45, 7) is 7.96. The monoisotopic (exact) mass is 606 g/mol. The summed E-state index contributed by atoms with van der Waals surface area (Å²) in [4.78, 5) is 44.7. The first-order valence-electron chi connectivity index (χ1n) is 13.6. The lowest BCUT2D eigenvalue weighted by molar-refractivity contribution is -0.170. The zero-order valence-electron chi connectivity index (χ0n) is 24.6. The molecule has 0 bridgehead atoms. The number of nitrogens with one attached hydrogen (secondary N) is 1. The first-order chi connectivity index (χ1) is 20.1. The summed E-state index contributed by atoms with van der Waals surface area (Å²) in [6.07, 6.45) is -0.686. The number of benzene rings is 2. The molecule has 3 rings (SSSR count). The quantitative estimate of drug-likeness (QED) is 0.239. The Morgan fingerprint density at radius 1 is 0.977 bits per heavy atom. The van der Waals surface area contributed by atoms with Gasteiger partial charge in [0, 0.05) is 26.6 Å². The van der Waals surface area contributed by atoms with Gasteiger partial charge in [-0.2, -0.15) is 0 Å². The van der Waals surface area contributed by atoms with Crippen LogP contribution in [-0.2, 0) is 31.3 Å². The second-order valence-corrected chi connectivity index (χ2v) is 10.7. The van der Waals surface area contributed by atoms with Crippen LogP contribution in [0.3, 0.4) is 0 Å². The molecule has 1 fully saturated rings. The van der Waals surface area contributed by atoms with E-state index in [4.69, 9.17) is 29.9 Å². The number of carboxylic acid groups (broad SMARTS) is 3. The van der Waals surface area contributed by atoms with E-state index in [-0.39, 0.29) is 17.8 Å². The zero-order valence-corrected chi connectivity index (χ0v) is 24.6. The molecule has 0 unspecified atom stereocenters. The molecular formula is C30H39FN2O10. The molecule has 0 aliphatic carbocycles. The first-order valence-corrected chi connectivity index (χ1v) is 13.6. The molecule has 2 aromatic rings. The van der Waals surface area contributed by atoms with Gasteiger partial charge in [0.25, 0.3) is 0 Å². The number of ether oxygens (including phenoxy) is 2. The van der Waals surface area contributed by atoms with E-state index in [1.165, 1.54) is 19.1 Å². The van der Waals surface area contributed by atoms with E-state index in [0.29, 0.717) is 0 Å². The highest BCUT2D eigenvalue weighted by molar-refractivity contribution is 5.88. The Balaban J connectivity index is 0.000000420. The van der Waals surface area contributed by atoms with Crippen LogP contribution in [0, 0.1) is 5.82 Å². The van der Waals surface area contributed by atoms with Crippen molar-refractivity contribution in [3.63, 3.8) is 0 Å². The highest BCUT2D eigenvalue weighted by Gasteiger charge is 2.41. The molecular weight excluding hydrogens is 567 g/mol. The average molecular weight is 607 g/mol. The molecule has 1 aliphatic rings. The fourth-order valence-electron chi connectivity index (χ4n) is 4.82. The van der Waals surface area contributed by atoms with Crippen molar-refractivity contribution in [2.75, 3.05) is 20.2 Å². The number of carbonyl (C=O) groups is 4. The van der Waals surface area contributed by atoms with Crippen LogP contribution in [0.5, 0.6) is 11.5 Å². The molecule has 0 spiro atoms. The molecule has 43 heavy (non-hydrogen) atoms. The molecule has 0 radical (unpaired) electrons. The SMILES string of the molecule is COc1ccc(CN2CCC(NC(C)=O)(c3ccc(F)cc3)CC2)cc1OC(C)C.O=C(O)CC(O)(CC(=O)O)C(=O)O. The van der Waals surface area contributed by atoms with Gasteiger partial charge in [0.15, 0.2) is 17.1 Å². The maximum atomic E-state index is 13.4. The van der Waals surface area contributed by atoms with Gasteiger partial charge in [-0.15, -0.1) is 0 Å². The first kappa shape index (κ1) is 35.0. The number of hydrogen-bond acceptors (Lipinski definition) is 8. The third kappa shape index (κ3) is 10.5. The number of aliphatic carboxylic acids is 3. The highest BCUT2D eigenvalue weighted by Crippen LogP contribution is 2.35. The van der Waals surface area contributed by atoms with Gasteiger partial charge < -0.3 is 35.2 Å². The number of likely N-dealkylation sites (tertiary alicyclic amines) is 1. The minimum atomic E-state index is -2.74. The smallest absolute Gasteiger partial charge is 0.336 e. The van der Waals surface area contributed by atoms with Gasteiger partial charge in [-0.25, -0.2) is 9.18 Å². The maximum absolute atomic E-state index is 13.4. The van der Waals surface area contributed by atoms with Gasteiger partial charge in [-0.3, -0.25) is 19.3 Å². The number of rotatable bonds is 12. The van der Waals surface area contributed by atoms with Gasteiger partial charge in [0.2, 0.25) is 5.91 Å². The minimum Gasteiger partial charge on any atom is -0.493 e. The number of amides is 1. The molecule has 0 aromatic heterocycles. The van der Waals surface area contributed by atoms with E-state index in [1.807, 2.05) is 26.0 Å². The molecule has 1 saturated heterocycles. The summed E-state index contributed by atoms with van der Waals surface area (Å²) in [5.41, 5.74) is -1.09. The maximum Gasteiger partial charge on any atom is 0.336 e. The molecule has 1 aliphatic heterocycles. The average Bonchev–Trinajstić information content (AvgIpc) is 2.89. The van der Waals surface area contributed by atoms with Crippen molar-refractivity contribution >= 4 is 23.8 Å². The Labute approximate surface area is 249 Å². The van der Waals surface area contributed by atoms with Crippen LogP contribution in [0.25, 0.3) is 0 Å². The van der Waals surface area contributed by atoms with Crippen LogP contribution >= 0.6 is 0 Å². The van der Waals surface area contributed by atoms with Crippen LogP contribution < -0.4 is 14.8 Å². The number of piperidine rings is 1. The molecule has 13 heteroatoms. The summed E-state index contributed by atoms with van der Waals surface area (Å²) in [5.74, 6) is -3.88. The molecule has 5 N–H and O–H groups in total. The van der Waals surface area contributed by atoms with Crippen LogP contribution in [0.4, 0.5) is 4.39 Å². The standard InChI is InChI=1S/C24H31FN2O3.C6H8O7/c1-17(2)30-23-15-19(5-10-22(23)29-4)16-27-13-11-24(12-14-27,26-18(3)28)20-6-8-21(25)9-7-20;7-3(8)1-6(13,5(11)12)2-4(9)10/h5-10,15,17H,11-14,16H2,1-4H3,(H,26,28);13H,1-2H2,(H,7,8)(H,9,10)(H,11,12). The van der Waals surface area contributed by atoms with E-state index in [2.05, 4.69) is 16.3 Å². The van der Waals surface area contributed by atoms with Crippen LogP contribution in [-0.4, -0.2) is 81.0 Å². The van der Waals surface area contributed by atoms with Crippen molar-refractivity contribution < 1.29 is 53.5 Å². The third-order valence-electron chi connectivity index (χ3n) is 6.80. The number of hydrogen-bond donors (Lipinski definition) is 5. The minimum absolute atomic E-state index is 0.0677. The topological polar surface area (TPSA) is 183 Å². The number of halogens is 1. The highest BCUT2D eigenvalue weighted by atomic mass is 19.1. The second-order valence-electron chi connectivity index (χ2n) is 10.7. The number of carbonyl (C=O) groups excluding carboxylic acids is 1. The lowest BCUT2D eigenvalue weighted by Crippen LogP contribution is -2.52. The molecule has 1 heterocycles. The van der Waals surface area contributed by atoms with Gasteiger partial charge in [-0.05, 0) is 62.1 Å². The van der Waals surface area contributed by atoms with Crippen LogP contribution in [0.15, 0.2) is 42.5 Å². The molecule has 236 valence electrons. The Kier molecular flexibility index (Phi) is 12.4. The van der Waals surface area contributed by atoms with Crippen molar-refractivity contribution in [1.29, 1.82) is 0 Å². The van der Waals surface area contributed by atoms with Crippen molar-refractivity contribution in [3.8, 4) is 11.5 Å². The Bertz CT molecular complexity index is 1260. The van der Waals surface area contributed by atoms with Crippen LogP contribution in [0.1, 0.15) is 57.6 Å². The molecule has 2 aromatic carbocycles. The van der Waals surface area contributed by atoms with Gasteiger partial charge in [0.1, 0.15) is 5.82 Å². The van der Waals surface area contributed by atoms with E-state index in [9.17, 15) is 23.6 Å². The number of aliphatic hydroxyl groups is 1. The summed E-state index contributed by atoms with van der Waals surface area (Å²) < 4.78 is 24.7. The van der Waals surface area contributed by atoms with Gasteiger partial charge in [-0.1, -0.05) is 18.2 Å². The molecule has 1 amide bonds. The number of methoxy groups -OCH3 is 1. The second kappa shape index (κ2) is 15.3. The Morgan fingerprint density at radius 2 is 1.53 bits per heavy atom. The van der Waals surface area contributed by atoms with E-state index >= 15 is 0 Å². The molecule has 0 saturated carbocycles. The molecule has 12 nitrogen and oxygen atoms in total. The summed E-state index contributed by atoms with van der Waals surface area (Å²) in [6, 6.07) is 12.5. The lowest BCUT2D eigenvalue weighted by atomic mass is 9.80. The van der Waals surface area contributed by atoms with E-state index in [0.717, 1.165) is 55.1 Å². The normalized spacial score (nSPS) is 14.7. The Morgan fingerprint density at radius 3 is 1.98 bits per heavy atom. The Hall–Kier alpha value is -4.23. The van der Waals surface area contributed by atoms with E-state index in [1.54, 1.807) is 19.2 Å². The lowest BCUT2D eigenvalue weighted by Gasteiger charge is -2.42. The van der Waals surface area contributed by atoms with Crippen molar-refractivity contribution in [1.82, 2.24) is 10.2 Å². The largest absolute Gasteiger partial charge is 0.493 e. The van der Waals surface area contributed by atoms with Crippen molar-refractivity contribution in [2.45, 2.75) is 70.2 Å². The van der Waals surface area contributed by atoms with Gasteiger partial charge in [0.05, 0.1) is 31.6 Å². The summed E-state index contributed by atoms with van der Waals surface area (Å²) in [7, 11) is 1.64. The summed E-state index contributed by atoms with van der Waals surface area (Å²) >= 11 is 0. The van der Waals surface area contributed by atoms with Crippen molar-refractivity contribution in [3.05, 3.63) is 59.4 Å². The predicted molar refractivity (Wildman–Crippen MR) is 152 cm³/mol. The number of nitrogens with zero attached hydrogens (tertiary/aromatic N) is 1. The predicted octanol–water partition coefficient (Wildman–Crippen LogP) is 3.00. The zero-order chi connectivity index (χ0) is 32.4. The fourth-order valence-corrected chi connectivity index (χ4v) is 4.82. The summed E-state index contributed by atoms with van der Waals surface area (Å²) in [5, 5.41) is 36.9. The third-order valence-corrected chi connectivity index (χ3v) is 6.80. The fraction of sp³-hybridized carbons (Fsp3) is 0.467. The van der Waals surface area contributed by atoms with Gasteiger partial charge >= 0.3 is 17.9 Å². The van der Waals surface area contributed by atoms with Crippen LogP contribution in [0.2, 0.25) is 0 Å². The molecule has 0 atom stereocenters. The number of carboxylic acids is 3. The van der Waals surface area contributed by atoms with E-state index < -0.39 is 41.9 Å².